The summed E-state index contributed by atoms with van der Waals surface area (Å²) in [7, 11) is -1.76. The fourth-order valence-corrected chi connectivity index (χ4v) is 3.42. The number of hydrogen-bond acceptors (Lipinski definition) is 4. The Kier molecular flexibility index (Phi) is 4.36. The second-order valence-corrected chi connectivity index (χ2v) is 7.58. The molecule has 8 heteroatoms. The van der Waals surface area contributed by atoms with Crippen LogP contribution in [-0.2, 0) is 22.6 Å². The number of aryl methyl sites for hydroxylation is 1. The Morgan fingerprint density at radius 2 is 2.00 bits per heavy atom. The minimum atomic E-state index is -3.40. The van der Waals surface area contributed by atoms with Crippen molar-refractivity contribution in [3.63, 3.8) is 0 Å². The van der Waals surface area contributed by atoms with Gasteiger partial charge < -0.3 is 0 Å². The summed E-state index contributed by atoms with van der Waals surface area (Å²) in [5, 5.41) is 7.88. The number of aromatic nitrogens is 3. The molecule has 0 aliphatic rings. The highest BCUT2D eigenvalue weighted by molar-refractivity contribution is 7.90. The molecule has 1 atom stereocenters. The molecule has 0 aliphatic heterocycles. The first-order valence-electron chi connectivity index (χ1n) is 5.81. The summed E-state index contributed by atoms with van der Waals surface area (Å²) in [5.41, 5.74) is 1.02. The zero-order chi connectivity index (χ0) is 14.9. The zero-order valence-electron chi connectivity index (χ0n) is 10.9. The Labute approximate surface area is 127 Å². The van der Waals surface area contributed by atoms with E-state index in [1.165, 1.54) is 11.0 Å². The highest BCUT2D eigenvalue weighted by Gasteiger charge is 2.24. The number of halogens is 2. The Hall–Kier alpha value is -1.11. The fraction of sp³-hybridized carbons (Fsp3) is 0.333. The van der Waals surface area contributed by atoms with Gasteiger partial charge in [0.05, 0.1) is 32.9 Å². The van der Waals surface area contributed by atoms with Crippen molar-refractivity contribution in [1.29, 1.82) is 0 Å². The van der Waals surface area contributed by atoms with Gasteiger partial charge in [0.25, 0.3) is 0 Å². The predicted molar refractivity (Wildman–Crippen MR) is 78.5 cm³/mol. The van der Waals surface area contributed by atoms with E-state index < -0.39 is 15.1 Å². The highest BCUT2D eigenvalue weighted by Crippen LogP contribution is 2.30. The summed E-state index contributed by atoms with van der Waals surface area (Å²) in [4.78, 5) is 1.33. The van der Waals surface area contributed by atoms with Gasteiger partial charge >= 0.3 is 0 Å². The smallest absolute Gasteiger partial charge is 0.162 e. The van der Waals surface area contributed by atoms with Crippen molar-refractivity contribution in [2.45, 2.75) is 17.9 Å². The third kappa shape index (κ3) is 3.31. The van der Waals surface area contributed by atoms with E-state index in [1.807, 2.05) is 0 Å². The van der Waals surface area contributed by atoms with E-state index in [-0.39, 0.29) is 5.75 Å². The van der Waals surface area contributed by atoms with E-state index in [2.05, 4.69) is 10.2 Å². The maximum Gasteiger partial charge on any atom is 0.162 e. The third-order valence-corrected chi connectivity index (χ3v) is 5.73. The van der Waals surface area contributed by atoms with Gasteiger partial charge in [-0.05, 0) is 24.6 Å². The van der Waals surface area contributed by atoms with Crippen LogP contribution in [0.1, 0.15) is 23.4 Å². The monoisotopic (exact) mass is 333 g/mol. The number of hydrogen-bond donors (Lipinski definition) is 0. The number of sulfone groups is 1. The number of benzene rings is 1. The normalized spacial score (nSPS) is 13.4. The van der Waals surface area contributed by atoms with Crippen LogP contribution in [0.4, 0.5) is 0 Å². The highest BCUT2D eigenvalue weighted by atomic mass is 35.5. The third-order valence-electron chi connectivity index (χ3n) is 2.95. The van der Waals surface area contributed by atoms with Crippen molar-refractivity contribution in [2.75, 3.05) is 0 Å². The van der Waals surface area contributed by atoms with Crippen molar-refractivity contribution < 1.29 is 8.42 Å². The lowest BCUT2D eigenvalue weighted by atomic mass is 10.2. The summed E-state index contributed by atoms with van der Waals surface area (Å²) in [6, 6.07) is 4.82. The molecule has 1 aromatic carbocycles. The van der Waals surface area contributed by atoms with Gasteiger partial charge in [0, 0.05) is 7.05 Å². The van der Waals surface area contributed by atoms with Gasteiger partial charge in [0.15, 0.2) is 9.84 Å². The first-order valence-corrected chi connectivity index (χ1v) is 8.28. The van der Waals surface area contributed by atoms with Gasteiger partial charge in [-0.1, -0.05) is 29.3 Å². The van der Waals surface area contributed by atoms with E-state index in [9.17, 15) is 8.42 Å². The van der Waals surface area contributed by atoms with Gasteiger partial charge in [0.2, 0.25) is 0 Å². The van der Waals surface area contributed by atoms with Crippen molar-refractivity contribution in [2.24, 2.45) is 7.05 Å². The summed E-state index contributed by atoms with van der Waals surface area (Å²) in [6.45, 7) is 1.62. The minimum absolute atomic E-state index is 0.164. The van der Waals surface area contributed by atoms with Crippen molar-refractivity contribution in [1.82, 2.24) is 15.0 Å². The Bertz CT molecular complexity index is 728. The molecule has 0 radical (unpaired) electrons. The maximum atomic E-state index is 12.4. The summed E-state index contributed by atoms with van der Waals surface area (Å²) in [5.74, 6) is -0.164. The lowest BCUT2D eigenvalue weighted by Crippen LogP contribution is -2.13. The van der Waals surface area contributed by atoms with Crippen molar-refractivity contribution in [3.05, 3.63) is 45.7 Å². The molecule has 5 nitrogen and oxygen atoms in total. The summed E-state index contributed by atoms with van der Waals surface area (Å²) in [6.07, 6.45) is 1.44. The second kappa shape index (κ2) is 5.71. The molecular formula is C12H13Cl2N3O2S. The van der Waals surface area contributed by atoms with Crippen LogP contribution in [0.3, 0.4) is 0 Å². The predicted octanol–water partition coefficient (Wildman–Crippen LogP) is 2.80. The van der Waals surface area contributed by atoms with Crippen molar-refractivity contribution in [3.8, 4) is 0 Å². The fourth-order valence-electron chi connectivity index (χ4n) is 1.76. The molecule has 1 unspecified atom stereocenters. The SMILES string of the molecule is CC(c1ccc(Cl)c(Cl)c1)S(=O)(=O)Cc1cnn(C)n1. The van der Waals surface area contributed by atoms with E-state index in [4.69, 9.17) is 23.2 Å². The van der Waals surface area contributed by atoms with Crippen molar-refractivity contribution >= 4 is 33.0 Å². The molecule has 0 saturated heterocycles. The molecule has 0 fully saturated rings. The molecule has 2 aromatic rings. The molecule has 1 aromatic heterocycles. The second-order valence-electron chi connectivity index (χ2n) is 4.45. The van der Waals surface area contributed by atoms with Crippen LogP contribution in [0, 0.1) is 0 Å². The Balaban J connectivity index is 2.26. The van der Waals surface area contributed by atoms with Gasteiger partial charge in [-0.2, -0.15) is 15.0 Å². The van der Waals surface area contributed by atoms with E-state index in [0.29, 0.717) is 21.3 Å². The van der Waals surface area contributed by atoms with Crippen LogP contribution in [0.5, 0.6) is 0 Å². The average molecular weight is 334 g/mol. The molecular weight excluding hydrogens is 321 g/mol. The van der Waals surface area contributed by atoms with Gasteiger partial charge in [0.1, 0.15) is 0 Å². The van der Waals surface area contributed by atoms with E-state index in [1.54, 1.807) is 32.2 Å². The topological polar surface area (TPSA) is 64.8 Å². The van der Waals surface area contributed by atoms with E-state index >= 15 is 0 Å². The van der Waals surface area contributed by atoms with Gasteiger partial charge in [-0.25, -0.2) is 8.42 Å². The van der Waals surface area contributed by atoms with Crippen LogP contribution < -0.4 is 0 Å². The number of rotatable bonds is 4. The molecule has 20 heavy (non-hydrogen) atoms. The van der Waals surface area contributed by atoms with Crippen LogP contribution in [0.15, 0.2) is 24.4 Å². The lowest BCUT2D eigenvalue weighted by molar-refractivity contribution is 0.583. The largest absolute Gasteiger partial charge is 0.228 e. The first-order chi connectivity index (χ1) is 9.29. The van der Waals surface area contributed by atoms with Crippen LogP contribution in [0.2, 0.25) is 10.0 Å². The van der Waals surface area contributed by atoms with Crippen LogP contribution in [-0.4, -0.2) is 23.4 Å². The van der Waals surface area contributed by atoms with Crippen LogP contribution >= 0.6 is 23.2 Å². The lowest BCUT2D eigenvalue weighted by Gasteiger charge is -2.13. The zero-order valence-corrected chi connectivity index (χ0v) is 13.2. The molecule has 0 amide bonds. The van der Waals surface area contributed by atoms with Crippen LogP contribution in [0.25, 0.3) is 0 Å². The molecule has 0 bridgehead atoms. The molecule has 1 heterocycles. The first kappa shape index (κ1) is 15.3. The Morgan fingerprint density at radius 3 is 2.55 bits per heavy atom. The average Bonchev–Trinajstić information content (AvgIpc) is 2.76. The maximum absolute atomic E-state index is 12.4. The minimum Gasteiger partial charge on any atom is -0.228 e. The molecule has 0 aliphatic carbocycles. The van der Waals surface area contributed by atoms with Gasteiger partial charge in [-0.15, -0.1) is 0 Å². The quantitative estimate of drug-likeness (QED) is 0.862. The molecule has 0 N–H and O–H groups in total. The molecule has 0 saturated carbocycles. The standard InChI is InChI=1S/C12H13Cl2N3O2S/c1-8(9-3-4-11(13)12(14)5-9)20(18,19)7-10-6-15-17(2)16-10/h3-6,8H,7H2,1-2H3. The Morgan fingerprint density at radius 1 is 1.30 bits per heavy atom. The number of nitrogens with zero attached hydrogens (tertiary/aromatic N) is 3. The molecule has 0 spiro atoms. The molecule has 108 valence electrons. The molecule has 2 rings (SSSR count). The van der Waals surface area contributed by atoms with E-state index in [0.717, 1.165) is 0 Å². The summed E-state index contributed by atoms with van der Waals surface area (Å²) < 4.78 is 24.7. The van der Waals surface area contributed by atoms with Gasteiger partial charge in [-0.3, -0.25) is 0 Å². The summed E-state index contributed by atoms with van der Waals surface area (Å²) >= 11 is 11.7.